The number of carbonyl (C=O) groups is 1. The van der Waals surface area contributed by atoms with Crippen LogP contribution in [0.3, 0.4) is 0 Å². The number of likely N-dealkylation sites (tertiary alicyclic amines) is 1. The summed E-state index contributed by atoms with van der Waals surface area (Å²) in [4.78, 5) is 13.7. The van der Waals surface area contributed by atoms with E-state index >= 15 is 0 Å². The predicted molar refractivity (Wildman–Crippen MR) is 64.1 cm³/mol. The first-order chi connectivity index (χ1) is 8.63. The van der Waals surface area contributed by atoms with E-state index in [4.69, 9.17) is 4.74 Å². The highest BCUT2D eigenvalue weighted by molar-refractivity contribution is 5.97. The molecule has 1 N–H and O–H groups in total. The van der Waals surface area contributed by atoms with Crippen molar-refractivity contribution in [2.45, 2.75) is 18.9 Å². The molecule has 1 aliphatic heterocycles. The molecular weight excluding hydrogens is 237 g/mol. The third-order valence-electron chi connectivity index (χ3n) is 3.09. The molecule has 4 nitrogen and oxygen atoms in total. The van der Waals surface area contributed by atoms with Gasteiger partial charge < -0.3 is 14.7 Å². The molecule has 1 heterocycles. The fraction of sp³-hybridized carbons (Fsp3) is 0.462. The molecule has 1 unspecified atom stereocenters. The van der Waals surface area contributed by atoms with Crippen LogP contribution in [0.1, 0.15) is 23.2 Å². The van der Waals surface area contributed by atoms with Gasteiger partial charge in [-0.25, -0.2) is 4.39 Å². The lowest BCUT2D eigenvalue weighted by molar-refractivity contribution is 0.0467. The van der Waals surface area contributed by atoms with Gasteiger partial charge in [0.05, 0.1) is 13.2 Å². The number of ether oxygens (including phenoxy) is 1. The fourth-order valence-corrected chi connectivity index (χ4v) is 2.18. The average molecular weight is 253 g/mol. The van der Waals surface area contributed by atoms with E-state index in [2.05, 4.69) is 0 Å². The Kier molecular flexibility index (Phi) is 3.81. The Hall–Kier alpha value is -1.62. The monoisotopic (exact) mass is 253 g/mol. The van der Waals surface area contributed by atoms with E-state index in [1.54, 1.807) is 6.07 Å². The lowest BCUT2D eigenvalue weighted by atomic mass is 10.1. The summed E-state index contributed by atoms with van der Waals surface area (Å²) in [5, 5.41) is 9.55. The molecule has 1 aromatic carbocycles. The van der Waals surface area contributed by atoms with Crippen molar-refractivity contribution >= 4 is 5.91 Å². The minimum Gasteiger partial charge on any atom is -0.496 e. The van der Waals surface area contributed by atoms with Crippen molar-refractivity contribution in [2.24, 2.45) is 0 Å². The van der Waals surface area contributed by atoms with E-state index in [0.29, 0.717) is 13.0 Å². The Morgan fingerprint density at radius 1 is 1.56 bits per heavy atom. The van der Waals surface area contributed by atoms with Gasteiger partial charge in [-0.1, -0.05) is 6.07 Å². The van der Waals surface area contributed by atoms with Crippen LogP contribution in [0.5, 0.6) is 5.75 Å². The van der Waals surface area contributed by atoms with Crippen LogP contribution in [0, 0.1) is 5.82 Å². The number of halogens is 1. The lowest BCUT2D eigenvalue weighted by Gasteiger charge is -2.30. The first-order valence-electron chi connectivity index (χ1n) is 5.93. The molecule has 1 amide bonds. The summed E-state index contributed by atoms with van der Waals surface area (Å²) in [6, 6.07) is 4.28. The van der Waals surface area contributed by atoms with Crippen molar-refractivity contribution in [2.75, 3.05) is 20.2 Å². The smallest absolute Gasteiger partial charge is 0.260 e. The van der Waals surface area contributed by atoms with Crippen LogP contribution < -0.4 is 4.74 Å². The number of rotatable bonds is 2. The van der Waals surface area contributed by atoms with Gasteiger partial charge in [-0.05, 0) is 25.0 Å². The summed E-state index contributed by atoms with van der Waals surface area (Å²) in [6.45, 7) is 0.781. The van der Waals surface area contributed by atoms with Crippen LogP contribution in [0.15, 0.2) is 18.2 Å². The first-order valence-corrected chi connectivity index (χ1v) is 5.93. The van der Waals surface area contributed by atoms with Gasteiger partial charge in [0.25, 0.3) is 5.91 Å². The topological polar surface area (TPSA) is 49.8 Å². The Bertz CT molecular complexity index is 450. The number of β-amino-alcohol motifs (C(OH)–C–C–N with tert-alkyl or cyclic N) is 1. The Balaban J connectivity index is 2.28. The van der Waals surface area contributed by atoms with E-state index in [1.165, 1.54) is 24.1 Å². The van der Waals surface area contributed by atoms with Gasteiger partial charge in [-0.15, -0.1) is 0 Å². The molecule has 98 valence electrons. The first kappa shape index (κ1) is 12.8. The summed E-state index contributed by atoms with van der Waals surface area (Å²) in [5.41, 5.74) is -0.0610. The molecular formula is C13H16FNO3. The second-order valence-corrected chi connectivity index (χ2v) is 4.36. The van der Waals surface area contributed by atoms with Gasteiger partial charge in [0.2, 0.25) is 0 Å². The van der Waals surface area contributed by atoms with Crippen molar-refractivity contribution < 1.29 is 19.0 Å². The van der Waals surface area contributed by atoms with E-state index in [9.17, 15) is 14.3 Å². The van der Waals surface area contributed by atoms with Crippen LogP contribution in [0.4, 0.5) is 4.39 Å². The number of hydrogen-bond acceptors (Lipinski definition) is 3. The largest absolute Gasteiger partial charge is 0.496 e. The highest BCUT2D eigenvalue weighted by atomic mass is 19.1. The van der Waals surface area contributed by atoms with Crippen molar-refractivity contribution in [1.29, 1.82) is 0 Å². The number of methoxy groups -OCH3 is 1. The summed E-state index contributed by atoms with van der Waals surface area (Å²) < 4.78 is 18.8. The molecule has 0 spiro atoms. The minimum absolute atomic E-state index is 0.0610. The number of amides is 1. The summed E-state index contributed by atoms with van der Waals surface area (Å²) in [6.07, 6.45) is 0.877. The molecule has 0 radical (unpaired) electrons. The Morgan fingerprint density at radius 2 is 2.33 bits per heavy atom. The third kappa shape index (κ3) is 2.46. The maximum atomic E-state index is 13.7. The molecule has 0 saturated carbocycles. The SMILES string of the molecule is COc1cccc(F)c1C(=O)N1CCCC(O)C1. The fourth-order valence-electron chi connectivity index (χ4n) is 2.18. The molecule has 1 fully saturated rings. The number of aliphatic hydroxyl groups excluding tert-OH is 1. The molecule has 1 atom stereocenters. The zero-order chi connectivity index (χ0) is 13.1. The molecule has 1 aromatic rings. The standard InChI is InChI=1S/C13H16FNO3/c1-18-11-6-2-5-10(14)12(11)13(17)15-7-3-4-9(16)8-15/h2,5-6,9,16H,3-4,7-8H2,1H3. The quantitative estimate of drug-likeness (QED) is 0.867. The van der Waals surface area contributed by atoms with Gasteiger partial charge in [0.1, 0.15) is 17.1 Å². The van der Waals surface area contributed by atoms with Crippen molar-refractivity contribution in [1.82, 2.24) is 4.90 Å². The van der Waals surface area contributed by atoms with Crippen LogP contribution in [-0.4, -0.2) is 42.2 Å². The molecule has 5 heteroatoms. The molecule has 1 saturated heterocycles. The van der Waals surface area contributed by atoms with Gasteiger partial charge in [-0.2, -0.15) is 0 Å². The van der Waals surface area contributed by atoms with Crippen molar-refractivity contribution in [3.63, 3.8) is 0 Å². The number of hydrogen-bond donors (Lipinski definition) is 1. The number of carbonyl (C=O) groups excluding carboxylic acids is 1. The third-order valence-corrected chi connectivity index (χ3v) is 3.09. The van der Waals surface area contributed by atoms with E-state index in [0.717, 1.165) is 6.42 Å². The average Bonchev–Trinajstić information content (AvgIpc) is 2.37. The predicted octanol–water partition coefficient (Wildman–Crippen LogP) is 1.43. The normalized spacial score (nSPS) is 19.7. The second kappa shape index (κ2) is 5.35. The molecule has 18 heavy (non-hydrogen) atoms. The minimum atomic E-state index is -0.598. The van der Waals surface area contributed by atoms with E-state index in [1.807, 2.05) is 0 Å². The summed E-state index contributed by atoms with van der Waals surface area (Å²) in [7, 11) is 1.40. The Morgan fingerprint density at radius 3 is 3.00 bits per heavy atom. The number of benzene rings is 1. The number of piperidine rings is 1. The highest BCUT2D eigenvalue weighted by Crippen LogP contribution is 2.24. The van der Waals surface area contributed by atoms with Crippen molar-refractivity contribution in [3.8, 4) is 5.75 Å². The van der Waals surface area contributed by atoms with Crippen LogP contribution in [0.25, 0.3) is 0 Å². The zero-order valence-corrected chi connectivity index (χ0v) is 10.2. The van der Waals surface area contributed by atoms with Gasteiger partial charge in [0.15, 0.2) is 0 Å². The van der Waals surface area contributed by atoms with Gasteiger partial charge >= 0.3 is 0 Å². The molecule has 0 aromatic heterocycles. The summed E-state index contributed by atoms with van der Waals surface area (Å²) in [5.74, 6) is -0.803. The maximum absolute atomic E-state index is 13.7. The van der Waals surface area contributed by atoms with Crippen molar-refractivity contribution in [3.05, 3.63) is 29.6 Å². The molecule has 2 rings (SSSR count). The van der Waals surface area contributed by atoms with Crippen LogP contribution in [0.2, 0.25) is 0 Å². The van der Waals surface area contributed by atoms with Gasteiger partial charge in [-0.3, -0.25) is 4.79 Å². The second-order valence-electron chi connectivity index (χ2n) is 4.36. The number of nitrogens with zero attached hydrogens (tertiary/aromatic N) is 1. The lowest BCUT2D eigenvalue weighted by Crippen LogP contribution is -2.42. The van der Waals surface area contributed by atoms with Crippen LogP contribution in [-0.2, 0) is 0 Å². The zero-order valence-electron chi connectivity index (χ0n) is 10.2. The molecule has 1 aliphatic rings. The van der Waals surface area contributed by atoms with Crippen LogP contribution >= 0.6 is 0 Å². The molecule has 0 aliphatic carbocycles. The van der Waals surface area contributed by atoms with E-state index < -0.39 is 17.8 Å². The summed E-state index contributed by atoms with van der Waals surface area (Å²) >= 11 is 0. The number of aliphatic hydroxyl groups is 1. The Labute approximate surface area is 105 Å². The molecule has 0 bridgehead atoms. The van der Waals surface area contributed by atoms with Gasteiger partial charge in [0, 0.05) is 13.1 Å². The maximum Gasteiger partial charge on any atom is 0.260 e. The van der Waals surface area contributed by atoms with E-state index in [-0.39, 0.29) is 17.9 Å². The highest BCUT2D eigenvalue weighted by Gasteiger charge is 2.27.